The first-order chi connectivity index (χ1) is 28.5. The van der Waals surface area contributed by atoms with Crippen LogP contribution >= 0.6 is 11.3 Å². The Morgan fingerprint density at radius 2 is 1.20 bits per heavy atom. The van der Waals surface area contributed by atoms with Crippen LogP contribution in [0.4, 0.5) is 17.1 Å². The van der Waals surface area contributed by atoms with Crippen LogP contribution in [0.15, 0.2) is 140 Å². The molecular formula is C53H41BN4S. The van der Waals surface area contributed by atoms with Gasteiger partial charge in [-0.15, -0.1) is 11.3 Å². The van der Waals surface area contributed by atoms with Gasteiger partial charge in [-0.2, -0.15) is 5.26 Å². The summed E-state index contributed by atoms with van der Waals surface area (Å²) in [6, 6.07) is 54.3. The topological polar surface area (TPSA) is 36.9 Å². The van der Waals surface area contributed by atoms with E-state index in [0.717, 1.165) is 22.7 Å². The second-order valence-electron chi connectivity index (χ2n) is 18.5. The summed E-state index contributed by atoms with van der Waals surface area (Å²) in [5.74, 6) is 0. The molecule has 4 nitrogen and oxygen atoms in total. The number of anilines is 3. The molecule has 282 valence electrons. The van der Waals surface area contributed by atoms with E-state index in [4.69, 9.17) is 0 Å². The molecule has 0 saturated carbocycles. The van der Waals surface area contributed by atoms with E-state index >= 15 is 0 Å². The second-order valence-corrected chi connectivity index (χ2v) is 19.6. The van der Waals surface area contributed by atoms with Crippen LogP contribution < -0.4 is 20.6 Å². The maximum atomic E-state index is 11.1. The number of nitrogens with zero attached hydrogens (tertiary/aromatic N) is 4. The van der Waals surface area contributed by atoms with Crippen LogP contribution in [-0.4, -0.2) is 15.8 Å². The third kappa shape index (κ3) is 4.60. The van der Waals surface area contributed by atoms with Crippen molar-refractivity contribution < 1.29 is 0 Å². The zero-order valence-corrected chi connectivity index (χ0v) is 34.9. The smallest absolute Gasteiger partial charge is 0.264 e. The molecule has 2 aliphatic rings. The average Bonchev–Trinajstić information content (AvgIpc) is 3.90. The normalized spacial score (nSPS) is 13.5. The van der Waals surface area contributed by atoms with Crippen LogP contribution in [0.1, 0.15) is 58.2 Å². The van der Waals surface area contributed by atoms with Crippen molar-refractivity contribution in [2.75, 3.05) is 4.90 Å². The molecule has 0 amide bonds. The first-order valence-corrected chi connectivity index (χ1v) is 21.4. The van der Waals surface area contributed by atoms with Gasteiger partial charge in [0.15, 0.2) is 0 Å². The lowest BCUT2D eigenvalue weighted by atomic mass is 9.36. The summed E-state index contributed by atoms with van der Waals surface area (Å²) in [6.45, 7) is 13.6. The fourth-order valence-corrected chi connectivity index (χ4v) is 11.6. The van der Waals surface area contributed by atoms with Gasteiger partial charge in [0, 0.05) is 59.0 Å². The van der Waals surface area contributed by atoms with Crippen LogP contribution in [0.2, 0.25) is 0 Å². The van der Waals surface area contributed by atoms with Gasteiger partial charge in [-0.3, -0.25) is 0 Å². The van der Waals surface area contributed by atoms with E-state index in [1.54, 1.807) is 0 Å². The van der Waals surface area contributed by atoms with Crippen LogP contribution in [0.25, 0.3) is 65.1 Å². The summed E-state index contributed by atoms with van der Waals surface area (Å²) in [7, 11) is 0. The highest BCUT2D eigenvalue weighted by atomic mass is 32.1. The summed E-state index contributed by atoms with van der Waals surface area (Å²) in [4.78, 5) is 2.44. The highest BCUT2D eigenvalue weighted by molar-refractivity contribution is 7.33. The molecule has 0 bridgehead atoms. The van der Waals surface area contributed by atoms with Crippen molar-refractivity contribution >= 4 is 105 Å². The summed E-state index contributed by atoms with van der Waals surface area (Å²) < 4.78 is 7.59. The SMILES string of the molecule is CC(C)(C)c1ccc(N2c3c(C#N)ccc4c3B(c3sc5ccc(C(C)(C)C)cc5c32)c2cccc3c5ccc6c7ccccc7n(-c7ccccc7)c6c5n-4c23)cc1. The molecule has 59 heavy (non-hydrogen) atoms. The Kier molecular flexibility index (Phi) is 6.89. The third-order valence-electron chi connectivity index (χ3n) is 13.0. The predicted molar refractivity (Wildman–Crippen MR) is 252 cm³/mol. The number of benzene rings is 7. The van der Waals surface area contributed by atoms with Crippen molar-refractivity contribution in [3.8, 4) is 17.4 Å². The third-order valence-corrected chi connectivity index (χ3v) is 14.3. The van der Waals surface area contributed by atoms with Crippen LogP contribution in [0.3, 0.4) is 0 Å². The largest absolute Gasteiger partial charge is 0.309 e. The quantitative estimate of drug-likeness (QED) is 0.164. The van der Waals surface area contributed by atoms with E-state index in [9.17, 15) is 5.26 Å². The summed E-state index contributed by atoms with van der Waals surface area (Å²) in [6.07, 6.45) is 0. The number of para-hydroxylation sites is 3. The number of hydrogen-bond acceptors (Lipinski definition) is 3. The number of rotatable bonds is 2. The summed E-state index contributed by atoms with van der Waals surface area (Å²) in [5.41, 5.74) is 16.0. The fourth-order valence-electron chi connectivity index (χ4n) is 10.3. The van der Waals surface area contributed by atoms with Crippen molar-refractivity contribution in [3.63, 3.8) is 0 Å². The molecule has 5 heterocycles. The molecule has 0 atom stereocenters. The van der Waals surface area contributed by atoms with Crippen molar-refractivity contribution in [2.45, 2.75) is 52.4 Å². The Labute approximate surface area is 348 Å². The molecule has 0 fully saturated rings. The lowest BCUT2D eigenvalue weighted by Crippen LogP contribution is -2.59. The highest BCUT2D eigenvalue weighted by Crippen LogP contribution is 2.49. The fraction of sp³-hybridized carbons (Fsp3) is 0.151. The van der Waals surface area contributed by atoms with Gasteiger partial charge in [-0.05, 0) is 87.5 Å². The first kappa shape index (κ1) is 34.5. The number of aromatic nitrogens is 2. The molecule has 0 spiro atoms. The maximum Gasteiger partial charge on any atom is 0.264 e. The van der Waals surface area contributed by atoms with Gasteiger partial charge < -0.3 is 14.0 Å². The number of hydrogen-bond donors (Lipinski definition) is 0. The van der Waals surface area contributed by atoms with Crippen molar-refractivity contribution in [3.05, 3.63) is 156 Å². The molecule has 2 aliphatic heterocycles. The van der Waals surface area contributed by atoms with Gasteiger partial charge in [0.1, 0.15) is 6.07 Å². The molecule has 0 radical (unpaired) electrons. The highest BCUT2D eigenvalue weighted by Gasteiger charge is 2.45. The minimum Gasteiger partial charge on any atom is -0.309 e. The molecule has 7 aromatic carbocycles. The van der Waals surface area contributed by atoms with Gasteiger partial charge in [-0.1, -0.05) is 126 Å². The molecule has 6 heteroatoms. The second kappa shape index (κ2) is 11.8. The Balaban J connectivity index is 1.27. The molecule has 0 aliphatic carbocycles. The number of nitriles is 1. The molecular weight excluding hydrogens is 735 g/mol. The van der Waals surface area contributed by atoms with Crippen LogP contribution in [0, 0.1) is 11.3 Å². The van der Waals surface area contributed by atoms with Crippen molar-refractivity contribution in [2.24, 2.45) is 0 Å². The minimum absolute atomic E-state index is 0.00914. The van der Waals surface area contributed by atoms with Crippen molar-refractivity contribution in [1.29, 1.82) is 5.26 Å². The van der Waals surface area contributed by atoms with E-state index in [2.05, 4.69) is 201 Å². The van der Waals surface area contributed by atoms with Gasteiger partial charge in [0.25, 0.3) is 6.71 Å². The summed E-state index contributed by atoms with van der Waals surface area (Å²) >= 11 is 1.91. The monoisotopic (exact) mass is 776 g/mol. The Morgan fingerprint density at radius 1 is 0.542 bits per heavy atom. The number of fused-ring (bicyclic) bond motifs is 13. The molecule has 0 unspecified atom stereocenters. The van der Waals surface area contributed by atoms with E-state index in [1.807, 2.05) is 11.3 Å². The molecule has 0 saturated heterocycles. The Hall–Kier alpha value is -6.55. The first-order valence-electron chi connectivity index (χ1n) is 20.6. The molecule has 3 aromatic heterocycles. The van der Waals surface area contributed by atoms with E-state index in [1.165, 1.54) is 86.2 Å². The van der Waals surface area contributed by atoms with E-state index in [0.29, 0.717) is 5.56 Å². The summed E-state index contributed by atoms with van der Waals surface area (Å²) in [5, 5.41) is 17.3. The zero-order chi connectivity index (χ0) is 40.1. The molecule has 12 rings (SSSR count). The van der Waals surface area contributed by atoms with Gasteiger partial charge in [0.05, 0.1) is 33.5 Å². The molecule has 0 N–H and O–H groups in total. The zero-order valence-electron chi connectivity index (χ0n) is 34.1. The maximum absolute atomic E-state index is 11.1. The standard InChI is InChI=1S/C53H41BN4S/c1-52(2,3)32-20-23-35(24-21-32)57-46-31(30-55)19-27-43-45(46)54(51-50(57)40-29-33(53(4,5)6)22-28-44(40)59-51)41-17-12-16-37-39-26-25-38-36-15-10-11-18-42(36)56(34-13-8-7-9-14-34)48(38)49(39)58(43)47(37)41/h7-29H,1-6H3. The van der Waals surface area contributed by atoms with Crippen molar-refractivity contribution in [1.82, 2.24) is 9.13 Å². The van der Waals surface area contributed by atoms with Gasteiger partial charge in [0.2, 0.25) is 0 Å². The predicted octanol–water partition coefficient (Wildman–Crippen LogP) is 12.2. The van der Waals surface area contributed by atoms with E-state index < -0.39 is 0 Å². The van der Waals surface area contributed by atoms with Crippen LogP contribution in [0.5, 0.6) is 0 Å². The van der Waals surface area contributed by atoms with Gasteiger partial charge >= 0.3 is 0 Å². The number of thiophene rings is 1. The Morgan fingerprint density at radius 3 is 1.95 bits per heavy atom. The van der Waals surface area contributed by atoms with E-state index in [-0.39, 0.29) is 17.5 Å². The lowest BCUT2D eigenvalue weighted by molar-refractivity contribution is 0.590. The minimum atomic E-state index is -0.0557. The van der Waals surface area contributed by atoms with Gasteiger partial charge in [-0.25, -0.2) is 0 Å². The average molecular weight is 777 g/mol. The lowest BCUT2D eigenvalue weighted by Gasteiger charge is -2.39. The molecule has 10 aromatic rings. The van der Waals surface area contributed by atoms with Crippen LogP contribution in [-0.2, 0) is 10.8 Å². The Bertz CT molecular complexity index is 3470.